The van der Waals surface area contributed by atoms with Crippen LogP contribution < -0.4 is 0 Å². The molecule has 1 unspecified atom stereocenters. The Hall–Kier alpha value is -2.25. The molecule has 3 heterocycles. The van der Waals surface area contributed by atoms with Crippen LogP contribution in [0.2, 0.25) is 0 Å². The van der Waals surface area contributed by atoms with E-state index in [1.807, 2.05) is 29.8 Å². The molecule has 1 aromatic carbocycles. The highest BCUT2D eigenvalue weighted by Gasteiger charge is 2.22. The van der Waals surface area contributed by atoms with Crippen molar-refractivity contribution in [3.05, 3.63) is 42.2 Å². The predicted octanol–water partition coefficient (Wildman–Crippen LogP) is 3.51. The van der Waals surface area contributed by atoms with Crippen LogP contribution in [0.1, 0.15) is 31.1 Å². The highest BCUT2D eigenvalue weighted by atomic mass is 32.2. The first-order chi connectivity index (χ1) is 12.4. The van der Waals surface area contributed by atoms with E-state index in [1.165, 1.54) is 6.26 Å². The van der Waals surface area contributed by atoms with Gasteiger partial charge in [-0.2, -0.15) is 5.10 Å². The monoisotopic (exact) mass is 371 g/mol. The van der Waals surface area contributed by atoms with Crippen LogP contribution in [0.3, 0.4) is 0 Å². The fourth-order valence-electron chi connectivity index (χ4n) is 3.55. The van der Waals surface area contributed by atoms with Gasteiger partial charge in [-0.05, 0) is 49.9 Å². The molecule has 3 aromatic rings. The van der Waals surface area contributed by atoms with E-state index in [0.717, 1.165) is 48.0 Å². The number of nitrogens with zero attached hydrogens (tertiary/aromatic N) is 3. The molecule has 2 aromatic heterocycles. The van der Waals surface area contributed by atoms with Gasteiger partial charge in [-0.25, -0.2) is 13.1 Å². The van der Waals surface area contributed by atoms with Gasteiger partial charge >= 0.3 is 0 Å². The number of ether oxygens (including phenoxy) is 1. The van der Waals surface area contributed by atoms with Crippen molar-refractivity contribution in [1.82, 2.24) is 14.8 Å². The van der Waals surface area contributed by atoms with Crippen molar-refractivity contribution in [2.75, 3.05) is 12.9 Å². The lowest BCUT2D eigenvalue weighted by molar-refractivity contribution is -0.0365. The summed E-state index contributed by atoms with van der Waals surface area (Å²) in [5.74, 6) is 0. The van der Waals surface area contributed by atoms with Gasteiger partial charge in [0.25, 0.3) is 0 Å². The maximum absolute atomic E-state index is 11.9. The minimum Gasteiger partial charge on any atom is -0.356 e. The van der Waals surface area contributed by atoms with Crippen LogP contribution in [-0.2, 0) is 14.6 Å². The van der Waals surface area contributed by atoms with Gasteiger partial charge in [0, 0.05) is 36.2 Å². The van der Waals surface area contributed by atoms with Crippen molar-refractivity contribution in [2.45, 2.75) is 37.3 Å². The molecule has 6 nitrogen and oxygen atoms in total. The number of pyridine rings is 1. The van der Waals surface area contributed by atoms with Gasteiger partial charge in [0.05, 0.1) is 10.4 Å². The maximum Gasteiger partial charge on any atom is 0.175 e. The van der Waals surface area contributed by atoms with Crippen molar-refractivity contribution < 1.29 is 13.2 Å². The van der Waals surface area contributed by atoms with E-state index in [1.54, 1.807) is 18.5 Å². The largest absolute Gasteiger partial charge is 0.356 e. The van der Waals surface area contributed by atoms with E-state index in [0.29, 0.717) is 10.5 Å². The highest BCUT2D eigenvalue weighted by Crippen LogP contribution is 2.33. The molecule has 0 spiro atoms. The first kappa shape index (κ1) is 17.2. The van der Waals surface area contributed by atoms with Crippen LogP contribution in [0, 0.1) is 6.92 Å². The van der Waals surface area contributed by atoms with Crippen molar-refractivity contribution in [1.29, 1.82) is 0 Å². The SMILES string of the molecule is Cc1cc(-c2nn(C3CCCCO3)c3ccncc23)ccc1S(C)(=O)=O. The molecule has 0 N–H and O–H groups in total. The normalized spacial score (nSPS) is 18.3. The van der Waals surface area contributed by atoms with Gasteiger partial charge in [-0.15, -0.1) is 0 Å². The molecule has 136 valence electrons. The lowest BCUT2D eigenvalue weighted by Gasteiger charge is -2.23. The van der Waals surface area contributed by atoms with E-state index >= 15 is 0 Å². The number of fused-ring (bicyclic) bond motifs is 1. The summed E-state index contributed by atoms with van der Waals surface area (Å²) in [5.41, 5.74) is 3.37. The molecular weight excluding hydrogens is 350 g/mol. The van der Waals surface area contributed by atoms with Gasteiger partial charge in [0.1, 0.15) is 5.69 Å². The smallest absolute Gasteiger partial charge is 0.175 e. The van der Waals surface area contributed by atoms with E-state index < -0.39 is 9.84 Å². The molecule has 0 aliphatic carbocycles. The van der Waals surface area contributed by atoms with Crippen LogP contribution >= 0.6 is 0 Å². The molecule has 0 saturated carbocycles. The summed E-state index contributed by atoms with van der Waals surface area (Å²) in [6, 6.07) is 7.28. The zero-order valence-electron chi connectivity index (χ0n) is 14.8. The van der Waals surface area contributed by atoms with Gasteiger partial charge in [-0.3, -0.25) is 4.98 Å². The third-order valence-electron chi connectivity index (χ3n) is 4.78. The summed E-state index contributed by atoms with van der Waals surface area (Å²) in [4.78, 5) is 4.59. The molecule has 1 atom stereocenters. The molecule has 4 rings (SSSR count). The van der Waals surface area contributed by atoms with Crippen molar-refractivity contribution in [2.24, 2.45) is 0 Å². The summed E-state index contributed by atoms with van der Waals surface area (Å²) < 4.78 is 31.6. The molecule has 0 radical (unpaired) electrons. The predicted molar refractivity (Wildman–Crippen MR) is 99.7 cm³/mol. The first-order valence-electron chi connectivity index (χ1n) is 8.70. The summed E-state index contributed by atoms with van der Waals surface area (Å²) in [5, 5.41) is 5.76. The van der Waals surface area contributed by atoms with E-state index in [9.17, 15) is 8.42 Å². The second-order valence-corrected chi connectivity index (χ2v) is 8.74. The van der Waals surface area contributed by atoms with E-state index in [4.69, 9.17) is 9.84 Å². The molecule has 26 heavy (non-hydrogen) atoms. The Morgan fingerprint density at radius 1 is 1.23 bits per heavy atom. The van der Waals surface area contributed by atoms with Crippen LogP contribution in [0.4, 0.5) is 0 Å². The molecule has 7 heteroatoms. The lowest BCUT2D eigenvalue weighted by Crippen LogP contribution is -2.19. The lowest BCUT2D eigenvalue weighted by atomic mass is 10.1. The van der Waals surface area contributed by atoms with Gasteiger partial charge in [0.2, 0.25) is 0 Å². The second kappa shape index (κ2) is 6.48. The fraction of sp³-hybridized carbons (Fsp3) is 0.368. The number of rotatable bonds is 3. The standard InChI is InChI=1S/C19H21N3O3S/c1-13-11-14(6-7-17(13)26(2,23)24)19-15-12-20-9-8-16(15)22(21-19)18-5-3-4-10-25-18/h6-9,11-12,18H,3-5,10H2,1-2H3. The molecule has 1 aliphatic rings. The average Bonchev–Trinajstić information content (AvgIpc) is 3.01. The molecular formula is C19H21N3O3S. The molecule has 0 amide bonds. The third-order valence-corrected chi connectivity index (χ3v) is 6.04. The van der Waals surface area contributed by atoms with Crippen molar-refractivity contribution in [3.8, 4) is 11.3 Å². The first-order valence-corrected chi connectivity index (χ1v) is 10.6. The third kappa shape index (κ3) is 3.01. The molecule has 0 bridgehead atoms. The van der Waals surface area contributed by atoms with Gasteiger partial charge in [-0.1, -0.05) is 6.07 Å². The van der Waals surface area contributed by atoms with Gasteiger partial charge in [0.15, 0.2) is 16.1 Å². The Morgan fingerprint density at radius 2 is 2.08 bits per heavy atom. The number of aryl methyl sites for hydroxylation is 1. The quantitative estimate of drug-likeness (QED) is 0.704. The van der Waals surface area contributed by atoms with Crippen molar-refractivity contribution >= 4 is 20.7 Å². The summed E-state index contributed by atoms with van der Waals surface area (Å²) in [7, 11) is -3.24. The Labute approximate surface area is 152 Å². The van der Waals surface area contributed by atoms with Crippen LogP contribution in [0.5, 0.6) is 0 Å². The molecule has 1 saturated heterocycles. The Bertz CT molecular complexity index is 1070. The maximum atomic E-state index is 11.9. The molecule has 1 fully saturated rings. The molecule has 1 aliphatic heterocycles. The van der Waals surface area contributed by atoms with Crippen molar-refractivity contribution in [3.63, 3.8) is 0 Å². The summed E-state index contributed by atoms with van der Waals surface area (Å²) >= 11 is 0. The van der Waals surface area contributed by atoms with Crippen LogP contribution in [0.15, 0.2) is 41.6 Å². The number of benzene rings is 1. The summed E-state index contributed by atoms with van der Waals surface area (Å²) in [6.07, 6.45) is 7.85. The Kier molecular flexibility index (Phi) is 4.28. The number of sulfone groups is 1. The van der Waals surface area contributed by atoms with E-state index in [2.05, 4.69) is 4.98 Å². The topological polar surface area (TPSA) is 74.1 Å². The zero-order valence-corrected chi connectivity index (χ0v) is 15.7. The summed E-state index contributed by atoms with van der Waals surface area (Å²) in [6.45, 7) is 2.55. The minimum absolute atomic E-state index is 0.0706. The highest BCUT2D eigenvalue weighted by molar-refractivity contribution is 7.90. The van der Waals surface area contributed by atoms with Crippen LogP contribution in [-0.4, -0.2) is 36.0 Å². The Morgan fingerprint density at radius 3 is 2.77 bits per heavy atom. The van der Waals surface area contributed by atoms with Crippen LogP contribution in [0.25, 0.3) is 22.2 Å². The van der Waals surface area contributed by atoms with Gasteiger partial charge < -0.3 is 4.74 Å². The minimum atomic E-state index is -3.24. The fourth-order valence-corrected chi connectivity index (χ4v) is 4.51. The number of aromatic nitrogens is 3. The second-order valence-electron chi connectivity index (χ2n) is 6.76. The Balaban J connectivity index is 1.86. The van der Waals surface area contributed by atoms with E-state index in [-0.39, 0.29) is 6.23 Å². The number of hydrogen-bond acceptors (Lipinski definition) is 5. The zero-order chi connectivity index (χ0) is 18.3. The number of hydrogen-bond donors (Lipinski definition) is 0. The average molecular weight is 371 g/mol.